The molecular formula is C18H17FN2O3. The Bertz CT molecular complexity index is 820. The molecule has 0 saturated carbocycles. The normalized spacial score (nSPS) is 14.0. The number of hydrogen-bond acceptors (Lipinski definition) is 3. The number of aryl methyl sites for hydroxylation is 2. The Hall–Kier alpha value is -2.76. The molecule has 0 bridgehead atoms. The maximum atomic E-state index is 13.5. The molecule has 24 heavy (non-hydrogen) atoms. The second-order valence-corrected chi connectivity index (χ2v) is 5.94. The van der Waals surface area contributed by atoms with E-state index in [1.165, 1.54) is 30.3 Å². The summed E-state index contributed by atoms with van der Waals surface area (Å²) in [6.07, 6.45) is 2.45. The summed E-state index contributed by atoms with van der Waals surface area (Å²) >= 11 is 0. The number of non-ortho nitro benzene ring substituents is 1. The van der Waals surface area contributed by atoms with Crippen LogP contribution >= 0.6 is 0 Å². The number of rotatable bonds is 2. The van der Waals surface area contributed by atoms with Crippen LogP contribution in [0.1, 0.15) is 34.3 Å². The van der Waals surface area contributed by atoms with Gasteiger partial charge in [-0.1, -0.05) is 0 Å². The minimum absolute atomic E-state index is 0.0395. The van der Waals surface area contributed by atoms with Crippen molar-refractivity contribution in [3.05, 3.63) is 69.0 Å². The molecule has 1 aliphatic heterocycles. The van der Waals surface area contributed by atoms with Crippen LogP contribution in [0.5, 0.6) is 0 Å². The van der Waals surface area contributed by atoms with Crippen LogP contribution in [0.2, 0.25) is 0 Å². The number of halogens is 1. The van der Waals surface area contributed by atoms with E-state index in [9.17, 15) is 19.3 Å². The Morgan fingerprint density at radius 3 is 2.71 bits per heavy atom. The number of nitrogens with zero attached hydrogens (tertiary/aromatic N) is 2. The lowest BCUT2D eigenvalue weighted by Crippen LogP contribution is -2.32. The molecule has 1 heterocycles. The van der Waals surface area contributed by atoms with Gasteiger partial charge in [0.05, 0.1) is 4.92 Å². The summed E-state index contributed by atoms with van der Waals surface area (Å²) in [5.41, 5.74) is 2.49. The molecular weight excluding hydrogens is 311 g/mol. The van der Waals surface area contributed by atoms with E-state index in [4.69, 9.17) is 0 Å². The van der Waals surface area contributed by atoms with Crippen molar-refractivity contribution in [3.63, 3.8) is 0 Å². The van der Waals surface area contributed by atoms with Crippen LogP contribution in [0.25, 0.3) is 0 Å². The van der Waals surface area contributed by atoms with Crippen LogP contribution in [0.15, 0.2) is 36.4 Å². The van der Waals surface area contributed by atoms with Gasteiger partial charge in [0.2, 0.25) is 0 Å². The molecule has 124 valence electrons. The van der Waals surface area contributed by atoms with E-state index in [-0.39, 0.29) is 17.4 Å². The quantitative estimate of drug-likeness (QED) is 0.618. The third-order valence-electron chi connectivity index (χ3n) is 4.31. The molecule has 0 radical (unpaired) electrons. The number of carbonyl (C=O) groups is 1. The van der Waals surface area contributed by atoms with E-state index < -0.39 is 4.92 Å². The summed E-state index contributed by atoms with van der Waals surface area (Å²) in [6.45, 7) is 2.23. The fourth-order valence-electron chi connectivity index (χ4n) is 3.08. The number of anilines is 1. The number of benzene rings is 2. The third kappa shape index (κ3) is 2.99. The minimum atomic E-state index is -0.481. The van der Waals surface area contributed by atoms with Gasteiger partial charge < -0.3 is 4.90 Å². The van der Waals surface area contributed by atoms with Gasteiger partial charge in [-0.3, -0.25) is 14.9 Å². The summed E-state index contributed by atoms with van der Waals surface area (Å²) in [5.74, 6) is -0.522. The maximum absolute atomic E-state index is 13.5. The maximum Gasteiger partial charge on any atom is 0.269 e. The van der Waals surface area contributed by atoms with E-state index in [0.717, 1.165) is 30.5 Å². The predicted octanol–water partition coefficient (Wildman–Crippen LogP) is 4.03. The highest BCUT2D eigenvalue weighted by molar-refractivity contribution is 6.07. The highest BCUT2D eigenvalue weighted by Gasteiger charge is 2.24. The van der Waals surface area contributed by atoms with Gasteiger partial charge in [-0.2, -0.15) is 0 Å². The first-order chi connectivity index (χ1) is 11.5. The Morgan fingerprint density at radius 2 is 2.00 bits per heavy atom. The number of fused-ring (bicyclic) bond motifs is 1. The van der Waals surface area contributed by atoms with Gasteiger partial charge in [0, 0.05) is 29.9 Å². The van der Waals surface area contributed by atoms with Crippen LogP contribution in [-0.4, -0.2) is 17.4 Å². The van der Waals surface area contributed by atoms with Gasteiger partial charge in [0.1, 0.15) is 5.82 Å². The van der Waals surface area contributed by atoms with Crippen molar-refractivity contribution in [2.45, 2.75) is 26.2 Å². The lowest BCUT2D eigenvalue weighted by atomic mass is 10.0. The molecule has 0 N–H and O–H groups in total. The molecule has 2 aromatic carbocycles. The van der Waals surface area contributed by atoms with Crippen molar-refractivity contribution in [3.8, 4) is 0 Å². The van der Waals surface area contributed by atoms with Gasteiger partial charge in [-0.15, -0.1) is 0 Å². The van der Waals surface area contributed by atoms with Crippen LogP contribution in [-0.2, 0) is 6.42 Å². The zero-order chi connectivity index (χ0) is 17.3. The first-order valence-electron chi connectivity index (χ1n) is 7.82. The average Bonchev–Trinajstić information content (AvgIpc) is 2.75. The second-order valence-electron chi connectivity index (χ2n) is 5.94. The summed E-state index contributed by atoms with van der Waals surface area (Å²) < 4.78 is 13.5. The predicted molar refractivity (Wildman–Crippen MR) is 88.8 cm³/mol. The molecule has 0 aliphatic carbocycles. The minimum Gasteiger partial charge on any atom is -0.308 e. The lowest BCUT2D eigenvalue weighted by molar-refractivity contribution is -0.384. The smallest absolute Gasteiger partial charge is 0.269 e. The van der Waals surface area contributed by atoms with Crippen LogP contribution in [0.4, 0.5) is 15.8 Å². The number of nitro groups is 1. The Kier molecular flexibility index (Phi) is 4.29. The fourth-order valence-corrected chi connectivity index (χ4v) is 3.08. The fraction of sp³-hybridized carbons (Fsp3) is 0.278. The van der Waals surface area contributed by atoms with Crippen LogP contribution in [0.3, 0.4) is 0 Å². The number of carbonyl (C=O) groups excluding carboxylic acids is 1. The molecule has 1 amide bonds. The van der Waals surface area contributed by atoms with Gasteiger partial charge in [0.15, 0.2) is 0 Å². The Labute approximate surface area is 138 Å². The SMILES string of the molecule is Cc1cc([N+](=O)[O-])ccc1C(=O)N1CCCCc2cc(F)ccc21. The van der Waals surface area contributed by atoms with E-state index >= 15 is 0 Å². The molecule has 5 nitrogen and oxygen atoms in total. The van der Waals surface area contributed by atoms with E-state index in [2.05, 4.69) is 0 Å². The van der Waals surface area contributed by atoms with E-state index in [1.807, 2.05) is 0 Å². The number of hydrogen-bond donors (Lipinski definition) is 0. The van der Waals surface area contributed by atoms with E-state index in [1.54, 1.807) is 17.9 Å². The zero-order valence-electron chi connectivity index (χ0n) is 13.3. The largest absolute Gasteiger partial charge is 0.308 e. The summed E-state index contributed by atoms with van der Waals surface area (Å²) in [5, 5.41) is 10.9. The third-order valence-corrected chi connectivity index (χ3v) is 4.31. The van der Waals surface area contributed by atoms with Crippen molar-refractivity contribution in [1.29, 1.82) is 0 Å². The van der Waals surface area contributed by atoms with Gasteiger partial charge in [-0.05, 0) is 61.6 Å². The van der Waals surface area contributed by atoms with Gasteiger partial charge in [0.25, 0.3) is 11.6 Å². The molecule has 1 aliphatic rings. The lowest BCUT2D eigenvalue weighted by Gasteiger charge is -2.23. The highest BCUT2D eigenvalue weighted by atomic mass is 19.1. The molecule has 2 aromatic rings. The van der Waals surface area contributed by atoms with Gasteiger partial charge in [-0.25, -0.2) is 4.39 Å². The number of nitro benzene ring substituents is 1. The molecule has 0 spiro atoms. The highest BCUT2D eigenvalue weighted by Crippen LogP contribution is 2.29. The Morgan fingerprint density at radius 1 is 1.21 bits per heavy atom. The monoisotopic (exact) mass is 328 g/mol. The summed E-state index contributed by atoms with van der Waals surface area (Å²) in [7, 11) is 0. The van der Waals surface area contributed by atoms with Crippen molar-refractivity contribution in [2.75, 3.05) is 11.4 Å². The molecule has 0 fully saturated rings. The van der Waals surface area contributed by atoms with Crippen molar-refractivity contribution in [2.24, 2.45) is 0 Å². The van der Waals surface area contributed by atoms with Crippen molar-refractivity contribution in [1.82, 2.24) is 0 Å². The number of amides is 1. The molecule has 0 unspecified atom stereocenters. The molecule has 6 heteroatoms. The van der Waals surface area contributed by atoms with Crippen molar-refractivity contribution >= 4 is 17.3 Å². The Balaban J connectivity index is 2.00. The van der Waals surface area contributed by atoms with Crippen LogP contribution in [0, 0.1) is 22.9 Å². The second kappa shape index (κ2) is 6.39. The summed E-state index contributed by atoms with van der Waals surface area (Å²) in [6, 6.07) is 8.69. The van der Waals surface area contributed by atoms with Crippen molar-refractivity contribution < 1.29 is 14.1 Å². The molecule has 0 atom stereocenters. The standard InChI is InChI=1S/C18H17FN2O3/c1-12-10-15(21(23)24)6-7-16(12)18(22)20-9-3-2-4-13-11-14(19)5-8-17(13)20/h5-8,10-11H,2-4,9H2,1H3. The molecule has 0 saturated heterocycles. The first kappa shape index (κ1) is 16.1. The van der Waals surface area contributed by atoms with E-state index in [0.29, 0.717) is 17.7 Å². The first-order valence-corrected chi connectivity index (χ1v) is 7.82. The molecule has 0 aromatic heterocycles. The average molecular weight is 328 g/mol. The van der Waals surface area contributed by atoms with Gasteiger partial charge >= 0.3 is 0 Å². The summed E-state index contributed by atoms with van der Waals surface area (Å²) in [4.78, 5) is 25.0. The molecule has 3 rings (SSSR count). The van der Waals surface area contributed by atoms with Crippen LogP contribution < -0.4 is 4.90 Å². The topological polar surface area (TPSA) is 63.5 Å². The zero-order valence-corrected chi connectivity index (χ0v) is 13.3.